The molecule has 0 unspecified atom stereocenters. The normalized spacial score (nSPS) is 12.0. The fourth-order valence-corrected chi connectivity index (χ4v) is 4.11. The third-order valence-corrected chi connectivity index (χ3v) is 5.83. The van der Waals surface area contributed by atoms with E-state index in [9.17, 15) is 4.79 Å². The summed E-state index contributed by atoms with van der Waals surface area (Å²) in [7, 11) is 0. The number of unbranched alkanes of at least 4 members (excludes halogenated alkanes) is 1. The van der Waals surface area contributed by atoms with Crippen LogP contribution < -0.4 is 14.8 Å². The van der Waals surface area contributed by atoms with E-state index in [-0.39, 0.29) is 5.56 Å². The van der Waals surface area contributed by atoms with Gasteiger partial charge < -0.3 is 4.74 Å². The lowest BCUT2D eigenvalue weighted by molar-refractivity contribution is 0.309. The smallest absolute Gasteiger partial charge is 0.291 e. The molecule has 2 aromatic heterocycles. The van der Waals surface area contributed by atoms with E-state index < -0.39 is 0 Å². The first-order valence-electron chi connectivity index (χ1n) is 9.15. The minimum absolute atomic E-state index is 0.228. The van der Waals surface area contributed by atoms with Gasteiger partial charge >= 0.3 is 0 Å². The lowest BCUT2D eigenvalue weighted by atomic mass is 10.2. The molecule has 8 heteroatoms. The maximum absolute atomic E-state index is 12.7. The van der Waals surface area contributed by atoms with Crippen molar-refractivity contribution in [2.75, 3.05) is 6.61 Å². The number of rotatable bonds is 6. The summed E-state index contributed by atoms with van der Waals surface area (Å²) in [5.41, 5.74) is 1.32. The molecule has 0 aliphatic heterocycles. The molecule has 4 aromatic rings. The highest BCUT2D eigenvalue weighted by Crippen LogP contribution is 2.22. The first-order chi connectivity index (χ1) is 14.0. The van der Waals surface area contributed by atoms with Crippen LogP contribution >= 0.6 is 34.5 Å². The first kappa shape index (κ1) is 19.9. The van der Waals surface area contributed by atoms with Crippen molar-refractivity contribution in [2.24, 2.45) is 0 Å². The Morgan fingerprint density at radius 1 is 1.17 bits per heavy atom. The van der Waals surface area contributed by atoms with Gasteiger partial charge in [-0.1, -0.05) is 53.9 Å². The van der Waals surface area contributed by atoms with Gasteiger partial charge in [-0.25, -0.2) is 0 Å². The molecular formula is C21H17Cl2N3O2S. The zero-order valence-corrected chi connectivity index (χ0v) is 17.9. The Hall–Kier alpha value is -2.41. The Morgan fingerprint density at radius 3 is 2.66 bits per heavy atom. The summed E-state index contributed by atoms with van der Waals surface area (Å²) < 4.78 is 7.50. The van der Waals surface area contributed by atoms with E-state index in [2.05, 4.69) is 17.0 Å². The van der Waals surface area contributed by atoms with Gasteiger partial charge in [0.2, 0.25) is 4.96 Å². The molecule has 0 fully saturated rings. The first-order valence-corrected chi connectivity index (χ1v) is 10.7. The Balaban J connectivity index is 1.63. The molecule has 0 saturated carbocycles. The SMILES string of the molecule is CCCCOc1ccc(-c2nc3s/c(=C\c4ccc(Cl)cc4Cl)c(=O)n3n2)cc1. The fraction of sp³-hybridized carbons (Fsp3) is 0.190. The van der Waals surface area contributed by atoms with E-state index in [4.69, 9.17) is 27.9 Å². The fourth-order valence-electron chi connectivity index (χ4n) is 2.75. The standard InChI is InChI=1S/C21H17Cl2N3O2S/c1-2-3-10-28-16-8-5-13(6-9-16)19-24-21-26(25-19)20(27)18(29-21)11-14-4-7-15(22)12-17(14)23/h4-9,11-12H,2-3,10H2,1H3/b18-11-. The zero-order chi connectivity index (χ0) is 20.4. The minimum Gasteiger partial charge on any atom is -0.494 e. The van der Waals surface area contributed by atoms with Crippen molar-refractivity contribution in [1.82, 2.24) is 14.6 Å². The maximum Gasteiger partial charge on any atom is 0.291 e. The van der Waals surface area contributed by atoms with Crippen molar-refractivity contribution in [2.45, 2.75) is 19.8 Å². The maximum atomic E-state index is 12.7. The van der Waals surface area contributed by atoms with Gasteiger partial charge in [-0.2, -0.15) is 9.50 Å². The number of halogens is 2. The van der Waals surface area contributed by atoms with Crippen molar-refractivity contribution in [3.8, 4) is 17.1 Å². The van der Waals surface area contributed by atoms with Crippen LogP contribution in [0.4, 0.5) is 0 Å². The molecular weight excluding hydrogens is 429 g/mol. The minimum atomic E-state index is -0.228. The summed E-state index contributed by atoms with van der Waals surface area (Å²) in [6.45, 7) is 2.82. The number of benzene rings is 2. The second-order valence-electron chi connectivity index (χ2n) is 6.44. The third-order valence-electron chi connectivity index (χ3n) is 4.31. The molecule has 0 radical (unpaired) electrons. The molecule has 29 heavy (non-hydrogen) atoms. The summed E-state index contributed by atoms with van der Waals surface area (Å²) in [5, 5.41) is 5.40. The van der Waals surface area contributed by atoms with Crippen LogP contribution in [0.2, 0.25) is 10.0 Å². The molecule has 0 spiro atoms. The monoisotopic (exact) mass is 445 g/mol. The topological polar surface area (TPSA) is 56.5 Å². The Labute approximate surface area is 181 Å². The molecule has 5 nitrogen and oxygen atoms in total. The van der Waals surface area contributed by atoms with Gasteiger partial charge in [0.25, 0.3) is 5.56 Å². The second kappa shape index (κ2) is 8.53. The van der Waals surface area contributed by atoms with Gasteiger partial charge in [-0.05, 0) is 54.5 Å². The number of hydrogen-bond donors (Lipinski definition) is 0. The Bertz CT molecular complexity index is 1270. The summed E-state index contributed by atoms with van der Waals surface area (Å²) in [6, 6.07) is 12.7. The average molecular weight is 446 g/mol. The van der Waals surface area contributed by atoms with Gasteiger partial charge in [0.15, 0.2) is 5.82 Å². The zero-order valence-electron chi connectivity index (χ0n) is 15.6. The van der Waals surface area contributed by atoms with Gasteiger partial charge in [-0.3, -0.25) is 4.79 Å². The quantitative estimate of drug-likeness (QED) is 0.398. The van der Waals surface area contributed by atoms with E-state index in [1.807, 2.05) is 24.3 Å². The largest absolute Gasteiger partial charge is 0.494 e. The lowest BCUT2D eigenvalue weighted by Gasteiger charge is -2.05. The number of nitrogens with zero attached hydrogens (tertiary/aromatic N) is 3. The molecule has 2 aromatic carbocycles. The van der Waals surface area contributed by atoms with Crippen LogP contribution in [-0.2, 0) is 0 Å². The molecule has 0 amide bonds. The van der Waals surface area contributed by atoms with Crippen molar-refractivity contribution >= 4 is 45.6 Å². The molecule has 2 heterocycles. The van der Waals surface area contributed by atoms with Crippen molar-refractivity contribution in [3.05, 3.63) is 73.0 Å². The van der Waals surface area contributed by atoms with Crippen LogP contribution in [0.15, 0.2) is 47.3 Å². The van der Waals surface area contributed by atoms with Crippen LogP contribution in [0.25, 0.3) is 22.4 Å². The van der Waals surface area contributed by atoms with E-state index >= 15 is 0 Å². The molecule has 0 N–H and O–H groups in total. The molecule has 0 atom stereocenters. The molecule has 4 rings (SSSR count). The number of ether oxygens (including phenoxy) is 1. The van der Waals surface area contributed by atoms with Gasteiger partial charge in [0, 0.05) is 15.6 Å². The summed E-state index contributed by atoms with van der Waals surface area (Å²) in [4.78, 5) is 17.7. The number of fused-ring (bicyclic) bond motifs is 1. The van der Waals surface area contributed by atoms with Crippen LogP contribution in [0.1, 0.15) is 25.3 Å². The molecule has 148 valence electrons. The lowest BCUT2D eigenvalue weighted by Crippen LogP contribution is -2.23. The highest BCUT2D eigenvalue weighted by Gasteiger charge is 2.12. The van der Waals surface area contributed by atoms with Crippen LogP contribution in [-0.4, -0.2) is 21.2 Å². The molecule has 0 aliphatic carbocycles. The van der Waals surface area contributed by atoms with E-state index in [1.165, 1.54) is 15.9 Å². The summed E-state index contributed by atoms with van der Waals surface area (Å²) in [5.74, 6) is 1.31. The second-order valence-corrected chi connectivity index (χ2v) is 8.29. The predicted octanol–water partition coefficient (Wildman–Crippen LogP) is 4.85. The van der Waals surface area contributed by atoms with Crippen LogP contribution in [0, 0.1) is 0 Å². The van der Waals surface area contributed by atoms with E-state index in [1.54, 1.807) is 24.3 Å². The van der Waals surface area contributed by atoms with Gasteiger partial charge in [-0.15, -0.1) is 5.10 Å². The number of aromatic nitrogens is 3. The molecule has 0 saturated heterocycles. The number of thiazole rings is 1. The number of hydrogen-bond acceptors (Lipinski definition) is 5. The summed E-state index contributed by atoms with van der Waals surface area (Å²) >= 11 is 13.4. The Morgan fingerprint density at radius 2 is 1.97 bits per heavy atom. The predicted molar refractivity (Wildman–Crippen MR) is 118 cm³/mol. The third kappa shape index (κ3) is 4.29. The Kier molecular flexibility index (Phi) is 5.85. The van der Waals surface area contributed by atoms with Gasteiger partial charge in [0.05, 0.1) is 11.1 Å². The van der Waals surface area contributed by atoms with Crippen molar-refractivity contribution in [1.29, 1.82) is 0 Å². The molecule has 0 bridgehead atoms. The highest BCUT2D eigenvalue weighted by atomic mass is 35.5. The van der Waals surface area contributed by atoms with Crippen molar-refractivity contribution in [3.63, 3.8) is 0 Å². The van der Waals surface area contributed by atoms with Crippen LogP contribution in [0.5, 0.6) is 5.75 Å². The van der Waals surface area contributed by atoms with E-state index in [0.717, 1.165) is 29.7 Å². The van der Waals surface area contributed by atoms with Crippen LogP contribution in [0.3, 0.4) is 0 Å². The molecule has 0 aliphatic rings. The van der Waals surface area contributed by atoms with Gasteiger partial charge in [0.1, 0.15) is 5.75 Å². The highest BCUT2D eigenvalue weighted by molar-refractivity contribution is 7.15. The summed E-state index contributed by atoms with van der Waals surface area (Å²) in [6.07, 6.45) is 3.84. The van der Waals surface area contributed by atoms with E-state index in [0.29, 0.717) is 32.0 Å². The van der Waals surface area contributed by atoms with Crippen molar-refractivity contribution < 1.29 is 4.74 Å². The average Bonchev–Trinajstić information content (AvgIpc) is 3.24.